The molecule has 0 fully saturated rings. The summed E-state index contributed by atoms with van der Waals surface area (Å²) in [6.45, 7) is 4.00. The fraction of sp³-hybridized carbons (Fsp3) is 0.818. The van der Waals surface area contributed by atoms with Gasteiger partial charge in [0.2, 0.25) is 0 Å². The minimum absolute atomic E-state index is 0.0740. The van der Waals surface area contributed by atoms with E-state index in [4.69, 9.17) is 9.47 Å². The third kappa shape index (κ3) is 38.8. The van der Waals surface area contributed by atoms with Crippen LogP contribution in [0.3, 0.4) is 0 Å². The minimum atomic E-state index is -0.776. The highest BCUT2D eigenvalue weighted by Crippen LogP contribution is 2.16. The molecule has 0 aliphatic rings. The van der Waals surface area contributed by atoms with Crippen molar-refractivity contribution in [2.24, 2.45) is 0 Å². The normalized spacial score (nSPS) is 12.5. The molecule has 0 saturated heterocycles. The van der Waals surface area contributed by atoms with Crippen LogP contribution in [0.4, 0.5) is 0 Å². The molecule has 1 N–H and O–H groups in total. The Bertz CT molecular complexity index is 786. The van der Waals surface area contributed by atoms with E-state index in [0.717, 1.165) is 64.2 Å². The van der Waals surface area contributed by atoms with E-state index < -0.39 is 6.10 Å². The average Bonchev–Trinajstić information content (AvgIpc) is 3.10. The lowest BCUT2D eigenvalue weighted by Crippen LogP contribution is -2.28. The van der Waals surface area contributed by atoms with Gasteiger partial charge in [-0.25, -0.2) is 0 Å². The Labute approximate surface area is 304 Å². The molecule has 5 heteroatoms. The number of unbranched alkanes of at least 4 members (excludes halogenated alkanes) is 26. The molecular weight excluding hydrogens is 608 g/mol. The van der Waals surface area contributed by atoms with E-state index in [0.29, 0.717) is 12.8 Å². The largest absolute Gasteiger partial charge is 0.462 e. The van der Waals surface area contributed by atoms with Crippen molar-refractivity contribution in [1.82, 2.24) is 0 Å². The van der Waals surface area contributed by atoms with Gasteiger partial charge in [-0.1, -0.05) is 204 Å². The first-order chi connectivity index (χ1) is 24.1. The summed E-state index contributed by atoms with van der Waals surface area (Å²) in [7, 11) is 0. The zero-order chi connectivity index (χ0) is 35.7. The molecule has 0 aromatic carbocycles. The molecule has 1 unspecified atom stereocenters. The SMILES string of the molecule is CC/C=C/C=C/C=C/CCCCCCCC(=O)OCC(CO)OC(=O)CCCCCCCCCCCCCCCCCCCCCCCC. The van der Waals surface area contributed by atoms with Crippen molar-refractivity contribution < 1.29 is 24.2 Å². The molecule has 0 saturated carbocycles. The number of ether oxygens (including phenoxy) is 2. The van der Waals surface area contributed by atoms with Gasteiger partial charge in [-0.2, -0.15) is 0 Å². The van der Waals surface area contributed by atoms with Crippen molar-refractivity contribution in [2.45, 2.75) is 219 Å². The molecule has 0 aromatic rings. The number of carbonyl (C=O) groups is 2. The van der Waals surface area contributed by atoms with Gasteiger partial charge >= 0.3 is 11.9 Å². The van der Waals surface area contributed by atoms with E-state index in [1.54, 1.807) is 0 Å². The van der Waals surface area contributed by atoms with Crippen LogP contribution in [0, 0.1) is 0 Å². The number of allylic oxidation sites excluding steroid dienone is 6. The van der Waals surface area contributed by atoms with Gasteiger partial charge in [0.05, 0.1) is 6.61 Å². The van der Waals surface area contributed by atoms with Crippen molar-refractivity contribution >= 4 is 11.9 Å². The van der Waals surface area contributed by atoms with Crippen LogP contribution in [0.25, 0.3) is 0 Å². The molecule has 0 aliphatic carbocycles. The third-order valence-electron chi connectivity index (χ3n) is 9.26. The molecule has 0 amide bonds. The van der Waals surface area contributed by atoms with Crippen LogP contribution in [0.2, 0.25) is 0 Å². The Hall–Kier alpha value is -1.88. The molecule has 49 heavy (non-hydrogen) atoms. The van der Waals surface area contributed by atoms with Gasteiger partial charge in [0.15, 0.2) is 6.10 Å². The topological polar surface area (TPSA) is 72.8 Å². The monoisotopic (exact) mass is 689 g/mol. The van der Waals surface area contributed by atoms with E-state index in [9.17, 15) is 14.7 Å². The molecule has 286 valence electrons. The molecular formula is C44H80O5. The first-order valence-corrected chi connectivity index (χ1v) is 21.1. The van der Waals surface area contributed by atoms with Crippen LogP contribution in [0.1, 0.15) is 213 Å². The second kappa shape index (κ2) is 40.5. The highest BCUT2D eigenvalue weighted by molar-refractivity contribution is 5.70. The lowest BCUT2D eigenvalue weighted by molar-refractivity contribution is -0.161. The van der Waals surface area contributed by atoms with Gasteiger partial charge in [0, 0.05) is 12.8 Å². The van der Waals surface area contributed by atoms with Crippen LogP contribution >= 0.6 is 0 Å². The van der Waals surface area contributed by atoms with E-state index in [1.165, 1.54) is 122 Å². The fourth-order valence-electron chi connectivity index (χ4n) is 6.08. The van der Waals surface area contributed by atoms with E-state index in [1.807, 2.05) is 0 Å². The third-order valence-corrected chi connectivity index (χ3v) is 9.26. The number of rotatable bonds is 38. The van der Waals surface area contributed by atoms with E-state index >= 15 is 0 Å². The van der Waals surface area contributed by atoms with Crippen LogP contribution in [0.15, 0.2) is 36.5 Å². The van der Waals surface area contributed by atoms with Gasteiger partial charge in [-0.3, -0.25) is 9.59 Å². The van der Waals surface area contributed by atoms with Gasteiger partial charge < -0.3 is 14.6 Å². The molecule has 0 heterocycles. The molecule has 0 aromatic heterocycles. The van der Waals surface area contributed by atoms with Gasteiger partial charge in [-0.05, 0) is 32.1 Å². The predicted molar refractivity (Wildman–Crippen MR) is 210 cm³/mol. The summed E-state index contributed by atoms with van der Waals surface area (Å²) in [6, 6.07) is 0. The smallest absolute Gasteiger partial charge is 0.306 e. The van der Waals surface area contributed by atoms with Crippen LogP contribution < -0.4 is 0 Å². The number of aliphatic hydroxyl groups is 1. The van der Waals surface area contributed by atoms with Gasteiger partial charge in [0.25, 0.3) is 0 Å². The molecule has 0 radical (unpaired) electrons. The summed E-state index contributed by atoms with van der Waals surface area (Å²) in [5.74, 6) is -0.608. The number of hydrogen-bond acceptors (Lipinski definition) is 5. The Morgan fingerprint density at radius 1 is 0.490 bits per heavy atom. The Balaban J connectivity index is 3.49. The molecule has 5 nitrogen and oxygen atoms in total. The Morgan fingerprint density at radius 2 is 0.878 bits per heavy atom. The summed E-state index contributed by atoms with van der Waals surface area (Å²) in [5, 5.41) is 9.56. The number of hydrogen-bond donors (Lipinski definition) is 1. The number of esters is 2. The maximum atomic E-state index is 12.2. The second-order valence-corrected chi connectivity index (χ2v) is 14.1. The van der Waals surface area contributed by atoms with Crippen LogP contribution in [0.5, 0.6) is 0 Å². The van der Waals surface area contributed by atoms with Crippen LogP contribution in [-0.4, -0.2) is 36.4 Å². The maximum Gasteiger partial charge on any atom is 0.306 e. The van der Waals surface area contributed by atoms with Crippen molar-refractivity contribution in [2.75, 3.05) is 13.2 Å². The molecule has 0 spiro atoms. The predicted octanol–water partition coefficient (Wildman–Crippen LogP) is 13.2. The summed E-state index contributed by atoms with van der Waals surface area (Å²) >= 11 is 0. The van der Waals surface area contributed by atoms with Crippen molar-refractivity contribution in [1.29, 1.82) is 0 Å². The first kappa shape index (κ1) is 47.1. The fourth-order valence-corrected chi connectivity index (χ4v) is 6.08. The highest BCUT2D eigenvalue weighted by atomic mass is 16.6. The van der Waals surface area contributed by atoms with Crippen LogP contribution in [-0.2, 0) is 19.1 Å². The summed E-state index contributed by atoms with van der Waals surface area (Å²) in [6.07, 6.45) is 49.4. The van der Waals surface area contributed by atoms with E-state index in [2.05, 4.69) is 50.3 Å². The van der Waals surface area contributed by atoms with Crippen molar-refractivity contribution in [3.8, 4) is 0 Å². The number of aliphatic hydroxyl groups excluding tert-OH is 1. The molecule has 1 atom stereocenters. The number of carbonyl (C=O) groups excluding carboxylic acids is 2. The zero-order valence-corrected chi connectivity index (χ0v) is 32.5. The van der Waals surface area contributed by atoms with Crippen molar-refractivity contribution in [3.63, 3.8) is 0 Å². The molecule has 0 bridgehead atoms. The van der Waals surface area contributed by atoms with Gasteiger partial charge in [0.1, 0.15) is 6.61 Å². The standard InChI is InChI=1S/C44H80O5/c1-3-5-7-9-11-13-15-17-18-19-20-21-22-23-24-25-27-29-31-33-35-37-39-44(47)49-42(40-45)41-48-43(46)38-36-34-32-30-28-26-16-14-12-10-8-6-4-2/h6,8,10,12,14,16,42,45H,3-5,7,9,11,13,15,17-41H2,1-2H3/b8-6+,12-10+,16-14+. The van der Waals surface area contributed by atoms with Crippen molar-refractivity contribution in [3.05, 3.63) is 36.5 Å². The zero-order valence-electron chi connectivity index (χ0n) is 32.5. The Morgan fingerprint density at radius 3 is 1.31 bits per heavy atom. The first-order valence-electron chi connectivity index (χ1n) is 21.1. The molecule has 0 rings (SSSR count). The molecule has 0 aliphatic heterocycles. The minimum Gasteiger partial charge on any atom is -0.462 e. The summed E-state index contributed by atoms with van der Waals surface area (Å²) in [5.41, 5.74) is 0. The Kier molecular flexibility index (Phi) is 39.0. The lowest BCUT2D eigenvalue weighted by atomic mass is 10.0. The summed E-state index contributed by atoms with van der Waals surface area (Å²) < 4.78 is 10.6. The second-order valence-electron chi connectivity index (χ2n) is 14.1. The summed E-state index contributed by atoms with van der Waals surface area (Å²) in [4.78, 5) is 24.3. The highest BCUT2D eigenvalue weighted by Gasteiger charge is 2.16. The average molecular weight is 689 g/mol. The van der Waals surface area contributed by atoms with Gasteiger partial charge in [-0.15, -0.1) is 0 Å². The maximum absolute atomic E-state index is 12.2. The lowest BCUT2D eigenvalue weighted by Gasteiger charge is -2.15. The quantitative estimate of drug-likeness (QED) is 0.0397. The van der Waals surface area contributed by atoms with E-state index in [-0.39, 0.29) is 25.2 Å².